The Labute approximate surface area is 158 Å². The SMILES string of the molecule is [CH3][Zr]([CH3])[CH]1CCC2C1C(C)(C)C=CC2(C)C1=CC(C(C)(C)C)=CC1. The van der Waals surface area contributed by atoms with Crippen LogP contribution in [0.25, 0.3) is 0 Å². The molecule has 4 atom stereocenters. The molecule has 3 aliphatic rings. The summed E-state index contributed by atoms with van der Waals surface area (Å²) in [6, 6.07) is 0. The second-order valence-corrected chi connectivity index (χ2v) is 17.7. The summed E-state index contributed by atoms with van der Waals surface area (Å²) in [5.74, 6) is 1.77. The molecule has 0 saturated heterocycles. The van der Waals surface area contributed by atoms with E-state index in [9.17, 15) is 0 Å². The summed E-state index contributed by atoms with van der Waals surface area (Å²) in [5.41, 5.74) is 4.19. The van der Waals surface area contributed by atoms with Gasteiger partial charge in [-0.25, -0.2) is 0 Å². The molecule has 0 aromatic heterocycles. The molecule has 0 spiro atoms. The topological polar surface area (TPSA) is 0 Å². The van der Waals surface area contributed by atoms with Gasteiger partial charge in [-0.05, 0) is 0 Å². The van der Waals surface area contributed by atoms with Gasteiger partial charge in [-0.3, -0.25) is 0 Å². The Bertz CT molecular complexity index is 596. The second kappa shape index (κ2) is 6.08. The molecule has 0 nitrogen and oxygen atoms in total. The van der Waals surface area contributed by atoms with Gasteiger partial charge in [0.1, 0.15) is 0 Å². The molecule has 133 valence electrons. The third-order valence-corrected chi connectivity index (χ3v) is 12.6. The van der Waals surface area contributed by atoms with Crippen molar-refractivity contribution in [2.24, 2.45) is 28.1 Å². The third-order valence-electron chi connectivity index (χ3n) is 7.32. The number of rotatable bonds is 2. The third kappa shape index (κ3) is 3.02. The van der Waals surface area contributed by atoms with Gasteiger partial charge in [0.05, 0.1) is 0 Å². The van der Waals surface area contributed by atoms with E-state index in [2.05, 4.69) is 75.1 Å². The predicted molar refractivity (Wildman–Crippen MR) is 103 cm³/mol. The monoisotopic (exact) mass is 403 g/mol. The van der Waals surface area contributed by atoms with Crippen LogP contribution in [-0.4, -0.2) is 0 Å². The fourth-order valence-electron chi connectivity index (χ4n) is 5.75. The van der Waals surface area contributed by atoms with Crippen LogP contribution < -0.4 is 0 Å². The Morgan fingerprint density at radius 2 is 1.71 bits per heavy atom. The van der Waals surface area contributed by atoms with E-state index in [1.807, 2.05) is 0 Å². The van der Waals surface area contributed by atoms with Crippen molar-refractivity contribution < 1.29 is 21.8 Å². The van der Waals surface area contributed by atoms with E-state index in [0.717, 1.165) is 15.5 Å². The molecule has 1 saturated carbocycles. The first-order valence-electron chi connectivity index (χ1n) is 9.89. The van der Waals surface area contributed by atoms with Gasteiger partial charge < -0.3 is 0 Å². The molecule has 3 aliphatic carbocycles. The van der Waals surface area contributed by atoms with Crippen molar-refractivity contribution in [3.63, 3.8) is 0 Å². The molecule has 0 aromatic rings. The molecule has 0 heterocycles. The predicted octanol–water partition coefficient (Wildman–Crippen LogP) is 7.42. The molecule has 3 rings (SSSR count). The van der Waals surface area contributed by atoms with Crippen LogP contribution in [0.2, 0.25) is 12.9 Å². The average Bonchev–Trinajstić information content (AvgIpc) is 3.10. The van der Waals surface area contributed by atoms with E-state index in [-0.39, 0.29) is 10.8 Å². The van der Waals surface area contributed by atoms with E-state index < -0.39 is 21.8 Å². The maximum absolute atomic E-state index is 2.63. The van der Waals surface area contributed by atoms with Crippen molar-refractivity contribution in [1.29, 1.82) is 0 Å². The van der Waals surface area contributed by atoms with Crippen molar-refractivity contribution in [2.75, 3.05) is 0 Å². The molecule has 0 bridgehead atoms. The van der Waals surface area contributed by atoms with Crippen molar-refractivity contribution in [1.82, 2.24) is 0 Å². The maximum atomic E-state index is 2.63. The van der Waals surface area contributed by atoms with Crippen LogP contribution in [0, 0.1) is 28.1 Å². The number of allylic oxidation sites excluding steroid dienone is 6. The molecule has 0 N–H and O–H groups in total. The van der Waals surface area contributed by atoms with E-state index in [1.54, 1.807) is 11.1 Å². The van der Waals surface area contributed by atoms with E-state index in [1.165, 1.54) is 19.3 Å². The zero-order valence-corrected chi connectivity index (χ0v) is 19.6. The summed E-state index contributed by atoms with van der Waals surface area (Å²) >= 11 is -1.18. The standard InChI is InChI=1S/C21H31.2CH3.Zr/c1-19(2,3)15-10-11-16(14-15)21(6)13-12-20(4,5)17-8-7-9-18(17)21;;;/h8,10,12-14,17-18H,7,9,11H2,1-6H3;2*1H3;. The average molecular weight is 405 g/mol. The molecule has 1 fully saturated rings. The van der Waals surface area contributed by atoms with Gasteiger partial charge in [0.15, 0.2) is 0 Å². The molecular weight excluding hydrogens is 367 g/mol. The zero-order chi connectivity index (χ0) is 17.9. The van der Waals surface area contributed by atoms with Crippen molar-refractivity contribution in [3.05, 3.63) is 35.5 Å². The van der Waals surface area contributed by atoms with E-state index >= 15 is 0 Å². The Hall–Kier alpha value is 0.103. The molecule has 24 heavy (non-hydrogen) atoms. The molecule has 4 unspecified atom stereocenters. The summed E-state index contributed by atoms with van der Waals surface area (Å²) in [6.45, 7) is 14.6. The van der Waals surface area contributed by atoms with Gasteiger partial charge in [0, 0.05) is 0 Å². The first-order chi connectivity index (χ1) is 11.0. The normalized spacial score (nSPS) is 37.9. The van der Waals surface area contributed by atoms with Crippen LogP contribution in [0.5, 0.6) is 0 Å². The van der Waals surface area contributed by atoms with Crippen LogP contribution in [0.15, 0.2) is 35.5 Å². The van der Waals surface area contributed by atoms with Gasteiger partial charge in [-0.15, -0.1) is 0 Å². The Morgan fingerprint density at radius 3 is 2.25 bits per heavy atom. The summed E-state index contributed by atoms with van der Waals surface area (Å²) in [6.07, 6.45) is 14.4. The Morgan fingerprint density at radius 1 is 1.04 bits per heavy atom. The number of fused-ring (bicyclic) bond motifs is 1. The first-order valence-corrected chi connectivity index (χ1v) is 16.2. The summed E-state index contributed by atoms with van der Waals surface area (Å²) in [4.78, 5) is 0. The molecule has 1 heteroatoms. The van der Waals surface area contributed by atoms with Crippen molar-refractivity contribution in [3.8, 4) is 0 Å². The quantitative estimate of drug-likeness (QED) is 0.420. The van der Waals surface area contributed by atoms with E-state index in [4.69, 9.17) is 0 Å². The fourth-order valence-corrected chi connectivity index (χ4v) is 11.0. The van der Waals surface area contributed by atoms with Gasteiger partial charge in [0.2, 0.25) is 0 Å². The Kier molecular flexibility index (Phi) is 4.78. The van der Waals surface area contributed by atoms with Crippen LogP contribution in [0.1, 0.15) is 60.8 Å². The number of hydrogen-bond donors (Lipinski definition) is 0. The van der Waals surface area contributed by atoms with Crippen LogP contribution in [0.3, 0.4) is 0 Å². The van der Waals surface area contributed by atoms with Crippen LogP contribution in [0.4, 0.5) is 0 Å². The van der Waals surface area contributed by atoms with Gasteiger partial charge in [0.25, 0.3) is 0 Å². The number of hydrogen-bond acceptors (Lipinski definition) is 0. The van der Waals surface area contributed by atoms with Gasteiger partial charge in [-0.1, -0.05) is 0 Å². The molecular formula is C23H37Zr. The van der Waals surface area contributed by atoms with Crippen molar-refractivity contribution >= 4 is 0 Å². The molecule has 0 aromatic carbocycles. The summed E-state index contributed by atoms with van der Waals surface area (Å²) < 4.78 is 6.35. The molecule has 0 radical (unpaired) electrons. The Balaban J connectivity index is 1.98. The minimum atomic E-state index is -1.18. The van der Waals surface area contributed by atoms with Crippen LogP contribution >= 0.6 is 0 Å². The minimum absolute atomic E-state index is 0.279. The van der Waals surface area contributed by atoms with Gasteiger partial charge in [-0.2, -0.15) is 0 Å². The fraction of sp³-hybridized carbons (Fsp3) is 0.739. The molecule has 0 amide bonds. The van der Waals surface area contributed by atoms with Gasteiger partial charge >= 0.3 is 159 Å². The zero-order valence-electron chi connectivity index (χ0n) is 17.2. The van der Waals surface area contributed by atoms with Crippen LogP contribution in [-0.2, 0) is 21.8 Å². The summed E-state index contributed by atoms with van der Waals surface area (Å²) in [5, 5.41) is 0. The first kappa shape index (κ1) is 18.9. The summed E-state index contributed by atoms with van der Waals surface area (Å²) in [7, 11) is 0. The molecule has 0 aliphatic heterocycles. The van der Waals surface area contributed by atoms with Crippen molar-refractivity contribution in [2.45, 2.75) is 73.7 Å². The van der Waals surface area contributed by atoms with E-state index in [0.29, 0.717) is 5.41 Å². The second-order valence-electron chi connectivity index (χ2n) is 10.6.